The Morgan fingerprint density at radius 1 is 1.11 bits per heavy atom. The molecule has 3 aromatic rings. The van der Waals surface area contributed by atoms with E-state index in [1.807, 2.05) is 36.4 Å². The van der Waals surface area contributed by atoms with Crippen molar-refractivity contribution < 1.29 is 9.53 Å². The molecule has 3 heteroatoms. The molecule has 94 valence electrons. The third-order valence-corrected chi connectivity index (χ3v) is 3.29. The lowest BCUT2D eigenvalue weighted by atomic mass is 10.0. The molecule has 1 aromatic heterocycles. The Balaban J connectivity index is 2.22. The van der Waals surface area contributed by atoms with Gasteiger partial charge < -0.3 is 9.72 Å². The lowest BCUT2D eigenvalue weighted by Crippen LogP contribution is -2.02. The molecule has 0 fully saturated rings. The minimum atomic E-state index is -0.404. The summed E-state index contributed by atoms with van der Waals surface area (Å²) in [5.41, 5.74) is 3.28. The first kappa shape index (κ1) is 11.5. The van der Waals surface area contributed by atoms with Gasteiger partial charge in [0.15, 0.2) is 0 Å². The summed E-state index contributed by atoms with van der Waals surface area (Å²) < 4.78 is 4.70. The molecule has 3 rings (SSSR count). The predicted octanol–water partition coefficient (Wildman–Crippen LogP) is 3.51. The van der Waals surface area contributed by atoms with Crippen LogP contribution >= 0.6 is 0 Å². The van der Waals surface area contributed by atoms with Crippen molar-refractivity contribution in [3.05, 3.63) is 54.6 Å². The average Bonchev–Trinajstić information content (AvgIpc) is 2.83. The maximum atomic E-state index is 11.5. The number of fused-ring (bicyclic) bond motifs is 3. The van der Waals surface area contributed by atoms with Crippen molar-refractivity contribution in [2.75, 3.05) is 7.11 Å². The molecule has 0 saturated carbocycles. The predicted molar refractivity (Wildman–Crippen MR) is 76.9 cm³/mol. The Hall–Kier alpha value is -2.55. The summed E-state index contributed by atoms with van der Waals surface area (Å²) in [7, 11) is 1.36. The summed E-state index contributed by atoms with van der Waals surface area (Å²) in [4.78, 5) is 14.9. The summed E-state index contributed by atoms with van der Waals surface area (Å²) in [5, 5.41) is 2.22. The van der Waals surface area contributed by atoms with Crippen LogP contribution in [0.15, 0.2) is 49.0 Å². The van der Waals surface area contributed by atoms with E-state index in [9.17, 15) is 4.79 Å². The molecule has 2 aromatic carbocycles. The van der Waals surface area contributed by atoms with Crippen LogP contribution in [0.5, 0.6) is 0 Å². The monoisotopic (exact) mass is 251 g/mol. The highest BCUT2D eigenvalue weighted by Gasteiger charge is 2.11. The van der Waals surface area contributed by atoms with E-state index in [1.54, 1.807) is 0 Å². The van der Waals surface area contributed by atoms with Gasteiger partial charge in [0, 0.05) is 21.8 Å². The van der Waals surface area contributed by atoms with Crippen LogP contribution in [0.25, 0.3) is 27.4 Å². The maximum Gasteiger partial charge on any atom is 0.337 e. The van der Waals surface area contributed by atoms with Gasteiger partial charge in [-0.2, -0.15) is 0 Å². The van der Waals surface area contributed by atoms with Crippen LogP contribution in [-0.4, -0.2) is 18.1 Å². The topological polar surface area (TPSA) is 42.1 Å². The number of rotatable bonds is 2. The number of H-pyrrole nitrogens is 1. The van der Waals surface area contributed by atoms with Crippen molar-refractivity contribution in [2.45, 2.75) is 0 Å². The number of esters is 1. The number of hydrogen-bond donors (Lipinski definition) is 1. The van der Waals surface area contributed by atoms with Crippen LogP contribution in [0.1, 0.15) is 5.56 Å². The first-order valence-electron chi connectivity index (χ1n) is 5.99. The van der Waals surface area contributed by atoms with Gasteiger partial charge in [-0.1, -0.05) is 30.8 Å². The second-order valence-corrected chi connectivity index (χ2v) is 4.40. The van der Waals surface area contributed by atoms with Gasteiger partial charge >= 0.3 is 5.97 Å². The van der Waals surface area contributed by atoms with Gasteiger partial charge in [0.25, 0.3) is 0 Å². The minimum Gasteiger partial charge on any atom is -0.465 e. The zero-order valence-corrected chi connectivity index (χ0v) is 10.6. The number of hydrogen-bond acceptors (Lipinski definition) is 2. The Kier molecular flexibility index (Phi) is 2.60. The Labute approximate surface area is 110 Å². The van der Waals surface area contributed by atoms with Crippen molar-refractivity contribution >= 4 is 33.3 Å². The van der Waals surface area contributed by atoms with Crippen molar-refractivity contribution in [3.8, 4) is 0 Å². The number of methoxy groups -OCH3 is 1. The quantitative estimate of drug-likeness (QED) is 0.559. The molecule has 3 nitrogen and oxygen atoms in total. The molecular weight excluding hydrogens is 238 g/mol. The molecule has 0 unspecified atom stereocenters. The molecule has 0 radical (unpaired) electrons. The molecule has 0 bridgehead atoms. The molecule has 0 aliphatic carbocycles. The number of para-hydroxylation sites is 1. The Morgan fingerprint density at radius 3 is 2.63 bits per heavy atom. The van der Waals surface area contributed by atoms with Gasteiger partial charge in [-0.3, -0.25) is 0 Å². The average molecular weight is 251 g/mol. The third-order valence-electron chi connectivity index (χ3n) is 3.29. The zero-order chi connectivity index (χ0) is 13.4. The lowest BCUT2D eigenvalue weighted by molar-refractivity contribution is -0.133. The zero-order valence-electron chi connectivity index (χ0n) is 10.6. The lowest BCUT2D eigenvalue weighted by Gasteiger charge is -2.03. The molecule has 0 saturated heterocycles. The largest absolute Gasteiger partial charge is 0.465 e. The van der Waals surface area contributed by atoms with E-state index in [0.717, 1.165) is 27.4 Å². The Bertz CT molecular complexity index is 799. The fourth-order valence-electron chi connectivity index (χ4n) is 2.28. The summed E-state index contributed by atoms with van der Waals surface area (Å²) in [5.74, 6) is -0.404. The van der Waals surface area contributed by atoms with Crippen molar-refractivity contribution in [1.29, 1.82) is 0 Å². The number of aromatic amines is 1. The van der Waals surface area contributed by atoms with Gasteiger partial charge in [-0.05, 0) is 23.8 Å². The maximum absolute atomic E-state index is 11.5. The number of ether oxygens (including phenoxy) is 1. The highest BCUT2D eigenvalue weighted by molar-refractivity contribution is 6.17. The van der Waals surface area contributed by atoms with E-state index in [-0.39, 0.29) is 0 Å². The molecule has 0 aliphatic rings. The first-order valence-corrected chi connectivity index (χ1v) is 5.99. The number of carbonyl (C=O) groups is 1. The van der Waals surface area contributed by atoms with E-state index in [2.05, 4.69) is 17.6 Å². The standard InChI is InChI=1S/C16H13NO2/c1-10(16(18)19-2)11-7-8-15-13(9-11)12-5-3-4-6-14(12)17-15/h3-9,17H,1H2,2H3. The first-order chi connectivity index (χ1) is 9.20. The van der Waals surface area contributed by atoms with Crippen LogP contribution in [0.3, 0.4) is 0 Å². The smallest absolute Gasteiger partial charge is 0.337 e. The van der Waals surface area contributed by atoms with Crippen molar-refractivity contribution in [3.63, 3.8) is 0 Å². The highest BCUT2D eigenvalue weighted by atomic mass is 16.5. The van der Waals surface area contributed by atoms with Crippen LogP contribution in [-0.2, 0) is 9.53 Å². The molecule has 0 spiro atoms. The second kappa shape index (κ2) is 4.28. The number of carbonyl (C=O) groups excluding carboxylic acids is 1. The van der Waals surface area contributed by atoms with E-state index in [4.69, 9.17) is 4.74 Å². The fourth-order valence-corrected chi connectivity index (χ4v) is 2.28. The van der Waals surface area contributed by atoms with Crippen LogP contribution < -0.4 is 0 Å². The summed E-state index contributed by atoms with van der Waals surface area (Å²) >= 11 is 0. The van der Waals surface area contributed by atoms with E-state index in [1.165, 1.54) is 7.11 Å². The molecule has 0 atom stereocenters. The molecule has 19 heavy (non-hydrogen) atoms. The number of benzene rings is 2. The van der Waals surface area contributed by atoms with E-state index < -0.39 is 5.97 Å². The Morgan fingerprint density at radius 2 is 1.84 bits per heavy atom. The number of nitrogens with one attached hydrogen (secondary N) is 1. The van der Waals surface area contributed by atoms with Gasteiger partial charge in [-0.15, -0.1) is 0 Å². The molecule has 0 aliphatic heterocycles. The fraction of sp³-hybridized carbons (Fsp3) is 0.0625. The third kappa shape index (κ3) is 1.80. The molecule has 1 N–H and O–H groups in total. The van der Waals surface area contributed by atoms with Crippen LogP contribution in [0.2, 0.25) is 0 Å². The minimum absolute atomic E-state index is 0.370. The summed E-state index contributed by atoms with van der Waals surface area (Å²) in [6.07, 6.45) is 0. The van der Waals surface area contributed by atoms with Gasteiger partial charge in [-0.25, -0.2) is 4.79 Å². The SMILES string of the molecule is C=C(C(=O)OC)c1ccc2[nH]c3ccccc3c2c1. The van der Waals surface area contributed by atoms with E-state index >= 15 is 0 Å². The van der Waals surface area contributed by atoms with Crippen molar-refractivity contribution in [1.82, 2.24) is 4.98 Å². The van der Waals surface area contributed by atoms with Gasteiger partial charge in [0.2, 0.25) is 0 Å². The van der Waals surface area contributed by atoms with Crippen molar-refractivity contribution in [2.24, 2.45) is 0 Å². The molecule has 1 heterocycles. The van der Waals surface area contributed by atoms with Gasteiger partial charge in [0.05, 0.1) is 12.7 Å². The number of aromatic nitrogens is 1. The second-order valence-electron chi connectivity index (χ2n) is 4.40. The summed E-state index contributed by atoms with van der Waals surface area (Å²) in [6.45, 7) is 3.78. The normalized spacial score (nSPS) is 10.8. The highest BCUT2D eigenvalue weighted by Crippen LogP contribution is 2.28. The molecular formula is C16H13NO2. The summed E-state index contributed by atoms with van der Waals surface area (Å²) in [6, 6.07) is 13.9. The van der Waals surface area contributed by atoms with E-state index in [0.29, 0.717) is 5.57 Å². The van der Waals surface area contributed by atoms with Gasteiger partial charge in [0.1, 0.15) is 0 Å². The van der Waals surface area contributed by atoms with Crippen LogP contribution in [0, 0.1) is 0 Å². The molecule has 0 amide bonds. The van der Waals surface area contributed by atoms with Crippen LogP contribution in [0.4, 0.5) is 0 Å².